The maximum Gasteiger partial charge on any atom is 0 e. The fraction of sp³-hybridized carbons (Fsp3) is 0.357. The van der Waals surface area contributed by atoms with E-state index in [0.29, 0.717) is 0 Å². The minimum absolute atomic E-state index is 0. The van der Waals surface area contributed by atoms with Gasteiger partial charge < -0.3 is 5.11 Å². The Hall–Kier alpha value is -3.32. The van der Waals surface area contributed by atoms with Crippen molar-refractivity contribution in [3.63, 3.8) is 0 Å². The molecule has 6 aromatic rings. The molecular formula is C42H49GeIrN2O3-. The van der Waals surface area contributed by atoms with Crippen LogP contribution in [0.25, 0.3) is 54.9 Å². The third-order valence-electron chi connectivity index (χ3n) is 10.6. The van der Waals surface area contributed by atoms with Crippen molar-refractivity contribution in [2.24, 2.45) is 10.8 Å². The first kappa shape index (κ1) is 38.5. The second kappa shape index (κ2) is 15.3. The Kier molecular flexibility index (Phi) is 12.0. The molecule has 1 N–H and O–H groups in total. The molecule has 6 rings (SSSR count). The third kappa shape index (κ3) is 7.43. The maximum absolute atomic E-state index is 12.2. The number of benzene rings is 4. The van der Waals surface area contributed by atoms with E-state index < -0.39 is 13.3 Å². The number of ketones is 1. The van der Waals surface area contributed by atoms with Crippen molar-refractivity contribution < 1.29 is 34.4 Å². The first-order valence-corrected chi connectivity index (χ1v) is 24.6. The largest absolute Gasteiger partial charge is 0 e. The number of nitrogens with zero attached hydrogens (tertiary/aromatic N) is 2. The van der Waals surface area contributed by atoms with E-state index in [2.05, 4.69) is 65.8 Å². The van der Waals surface area contributed by atoms with Crippen molar-refractivity contribution in [1.82, 2.24) is 9.97 Å². The standard InChI is InChI=1S/C27H21GeN2O.C15H28O2.Ir/c1-28(2,3)22-12-6-8-17-14-15-20-25(29-16-30-26(20)24(17)22)21-11-7-10-19-18-9-4-5-13-23(18)31-27(19)21;1-7-14(5,8-2)12(16)11-13(17)15(6,9-3)10-4;/h4-10,12-16H,1-3H3;11,16H,7-10H2,1-6H3;/q-1;;/b;12-11-;. The average Bonchev–Trinajstić information content (AvgIpc) is 3.49. The molecule has 4 aromatic carbocycles. The van der Waals surface area contributed by atoms with Gasteiger partial charge in [-0.2, -0.15) is 0 Å². The summed E-state index contributed by atoms with van der Waals surface area (Å²) in [5.74, 6) is 7.57. The molecule has 0 unspecified atom stereocenters. The van der Waals surface area contributed by atoms with E-state index in [1.54, 1.807) is 6.33 Å². The van der Waals surface area contributed by atoms with E-state index in [1.807, 2.05) is 65.8 Å². The third-order valence-corrected chi connectivity index (χ3v) is 14.9. The van der Waals surface area contributed by atoms with Crippen LogP contribution in [-0.2, 0) is 24.9 Å². The van der Waals surface area contributed by atoms with Gasteiger partial charge in [-0.05, 0) is 25.7 Å². The van der Waals surface area contributed by atoms with Gasteiger partial charge in [0.2, 0.25) is 0 Å². The predicted molar refractivity (Wildman–Crippen MR) is 205 cm³/mol. The van der Waals surface area contributed by atoms with Gasteiger partial charge in [0.15, 0.2) is 5.78 Å². The van der Waals surface area contributed by atoms with Gasteiger partial charge in [0, 0.05) is 37.0 Å². The monoisotopic (exact) mass is 896 g/mol. The number of furan rings is 1. The van der Waals surface area contributed by atoms with Crippen LogP contribution in [-0.4, -0.2) is 34.1 Å². The number of para-hydroxylation sites is 1. The molecule has 0 aliphatic heterocycles. The Morgan fingerprint density at radius 1 is 0.837 bits per heavy atom. The normalized spacial score (nSPS) is 12.6. The fourth-order valence-electron chi connectivity index (χ4n) is 6.27. The summed E-state index contributed by atoms with van der Waals surface area (Å²) in [6, 6.07) is 26.5. The number of rotatable bonds is 9. The maximum atomic E-state index is 12.2. The number of hydrogen-bond acceptors (Lipinski definition) is 5. The summed E-state index contributed by atoms with van der Waals surface area (Å²) in [4.78, 5) is 21.7. The quantitative estimate of drug-likeness (QED) is 0.0514. The van der Waals surface area contributed by atoms with E-state index in [1.165, 1.54) is 21.2 Å². The van der Waals surface area contributed by atoms with Crippen molar-refractivity contribution in [2.75, 3.05) is 0 Å². The number of aromatic nitrogens is 2. The number of aliphatic hydroxyl groups is 1. The molecule has 0 amide bonds. The van der Waals surface area contributed by atoms with Crippen LogP contribution < -0.4 is 4.40 Å². The first-order chi connectivity index (χ1) is 22.8. The van der Waals surface area contributed by atoms with E-state index in [9.17, 15) is 9.90 Å². The van der Waals surface area contributed by atoms with E-state index in [-0.39, 0.29) is 42.5 Å². The van der Waals surface area contributed by atoms with Gasteiger partial charge in [-0.1, -0.05) is 41.5 Å². The number of carbonyl (C=O) groups is 1. The molecule has 5 nitrogen and oxygen atoms in total. The van der Waals surface area contributed by atoms with Crippen molar-refractivity contribution in [2.45, 2.75) is 84.5 Å². The van der Waals surface area contributed by atoms with Crippen molar-refractivity contribution in [1.29, 1.82) is 0 Å². The summed E-state index contributed by atoms with van der Waals surface area (Å²) in [5, 5.41) is 15.9. The van der Waals surface area contributed by atoms with Crippen molar-refractivity contribution >= 4 is 67.1 Å². The molecule has 0 fully saturated rings. The van der Waals surface area contributed by atoms with Crippen LogP contribution in [0, 0.1) is 16.9 Å². The van der Waals surface area contributed by atoms with Crippen LogP contribution in [0.15, 0.2) is 89.3 Å². The number of allylic oxidation sites excluding steroid dienone is 2. The zero-order chi connectivity index (χ0) is 34.9. The molecule has 0 spiro atoms. The number of fused-ring (bicyclic) bond motifs is 6. The number of aliphatic hydroxyl groups excluding tert-OH is 1. The Labute approximate surface area is 307 Å². The van der Waals surface area contributed by atoms with Gasteiger partial charge in [-0.3, -0.25) is 4.79 Å². The van der Waals surface area contributed by atoms with Crippen LogP contribution in [0.4, 0.5) is 0 Å². The molecule has 0 atom stereocenters. The molecule has 0 bridgehead atoms. The Morgan fingerprint density at radius 3 is 2.16 bits per heavy atom. The molecule has 0 saturated heterocycles. The zero-order valence-corrected chi connectivity index (χ0v) is 34.8. The zero-order valence-electron chi connectivity index (χ0n) is 30.3. The summed E-state index contributed by atoms with van der Waals surface area (Å²) in [7, 11) is 0. The minimum atomic E-state index is -2.11. The fourth-order valence-corrected chi connectivity index (χ4v) is 9.65. The van der Waals surface area contributed by atoms with E-state index in [0.717, 1.165) is 69.8 Å². The smallest absolute Gasteiger partial charge is 0 e. The second-order valence-corrected chi connectivity index (χ2v) is 25.0. The molecule has 0 saturated carbocycles. The van der Waals surface area contributed by atoms with Gasteiger partial charge in [0.1, 0.15) is 5.76 Å². The van der Waals surface area contributed by atoms with Crippen LogP contribution in [0.1, 0.15) is 67.2 Å². The second-order valence-electron chi connectivity index (χ2n) is 14.5. The molecular weight excluding hydrogens is 845 g/mol. The molecule has 2 aromatic heterocycles. The summed E-state index contributed by atoms with van der Waals surface area (Å²) in [6.45, 7) is 12.1. The summed E-state index contributed by atoms with van der Waals surface area (Å²) in [6.07, 6.45) is 6.43. The van der Waals surface area contributed by atoms with Gasteiger partial charge in [-0.15, -0.1) is 0 Å². The first-order valence-electron chi connectivity index (χ1n) is 17.3. The predicted octanol–water partition coefficient (Wildman–Crippen LogP) is 11.3. The molecule has 1 radical (unpaired) electrons. The minimum Gasteiger partial charge on any atom is 0 e. The van der Waals surface area contributed by atoms with Crippen molar-refractivity contribution in [3.05, 3.63) is 91.0 Å². The van der Waals surface area contributed by atoms with Crippen LogP contribution in [0.2, 0.25) is 17.3 Å². The van der Waals surface area contributed by atoms with Crippen LogP contribution in [0.3, 0.4) is 0 Å². The summed E-state index contributed by atoms with van der Waals surface area (Å²) in [5.41, 5.74) is 3.87. The Morgan fingerprint density at radius 2 is 1.51 bits per heavy atom. The van der Waals surface area contributed by atoms with Crippen LogP contribution >= 0.6 is 0 Å². The van der Waals surface area contributed by atoms with Crippen LogP contribution in [0.5, 0.6) is 0 Å². The summed E-state index contributed by atoms with van der Waals surface area (Å²) < 4.78 is 7.74. The average molecular weight is 895 g/mol. The SMILES string of the molecule is CCC(C)(CC)C(=O)/C=C(\O)C(C)(CC)CC.[CH3][Ge]([CH3])([CH3])[c]1cccc2ccc3c(-c4[c-]ccc5c4oc4ccccc45)ncnc3c12.[Ir]. The molecule has 2 heterocycles. The topological polar surface area (TPSA) is 76.2 Å². The van der Waals surface area contributed by atoms with Gasteiger partial charge in [-0.25, -0.2) is 0 Å². The molecule has 7 heteroatoms. The number of hydrogen-bond donors (Lipinski definition) is 1. The van der Waals surface area contributed by atoms with Gasteiger partial charge in [0.05, 0.1) is 0 Å². The van der Waals surface area contributed by atoms with Gasteiger partial charge in [0.25, 0.3) is 0 Å². The summed E-state index contributed by atoms with van der Waals surface area (Å²) >= 11 is -2.11. The van der Waals surface area contributed by atoms with E-state index in [4.69, 9.17) is 14.4 Å². The molecule has 0 aliphatic carbocycles. The van der Waals surface area contributed by atoms with Gasteiger partial charge >= 0.3 is 183 Å². The Balaban J connectivity index is 0.000000260. The Bertz CT molecular complexity index is 2140. The molecule has 0 aliphatic rings. The molecule has 49 heavy (non-hydrogen) atoms. The van der Waals surface area contributed by atoms with Crippen molar-refractivity contribution in [3.8, 4) is 11.3 Å². The number of carbonyl (C=O) groups excluding carboxylic acids is 1. The van der Waals surface area contributed by atoms with E-state index >= 15 is 0 Å². The molecule has 259 valence electrons.